The fourth-order valence-corrected chi connectivity index (χ4v) is 1.72. The first kappa shape index (κ1) is 19.6. The molecule has 6 nitrogen and oxygen atoms in total. The number of hydrogen-bond donors (Lipinski definition) is 2. The predicted octanol–water partition coefficient (Wildman–Crippen LogP) is 3.43. The van der Waals surface area contributed by atoms with Gasteiger partial charge >= 0.3 is 18.2 Å². The van der Waals surface area contributed by atoms with E-state index in [4.69, 9.17) is 9.84 Å². The third-order valence-corrected chi connectivity index (χ3v) is 3.02. The molecular formula is C15H19F3N2O4. The molecule has 0 aliphatic rings. The zero-order valence-corrected chi connectivity index (χ0v) is 13.3. The van der Waals surface area contributed by atoms with Gasteiger partial charge in [-0.1, -0.05) is 6.92 Å². The van der Waals surface area contributed by atoms with Crippen LogP contribution in [0.3, 0.4) is 0 Å². The van der Waals surface area contributed by atoms with Gasteiger partial charge in [0.25, 0.3) is 0 Å². The van der Waals surface area contributed by atoms with Crippen LogP contribution < -0.4 is 10.1 Å². The van der Waals surface area contributed by atoms with E-state index in [2.05, 4.69) is 5.32 Å². The fourth-order valence-electron chi connectivity index (χ4n) is 1.72. The summed E-state index contributed by atoms with van der Waals surface area (Å²) in [6.45, 7) is 2.04. The highest BCUT2D eigenvalue weighted by Gasteiger charge is 2.31. The third kappa shape index (κ3) is 5.98. The summed E-state index contributed by atoms with van der Waals surface area (Å²) in [6.07, 6.45) is -4.18. The number of carboxylic acids is 1. The topological polar surface area (TPSA) is 78.9 Å². The molecule has 0 saturated heterocycles. The Morgan fingerprint density at radius 2 is 2.00 bits per heavy atom. The minimum Gasteiger partial charge on any atom is -0.491 e. The molecule has 0 saturated carbocycles. The van der Waals surface area contributed by atoms with Crippen molar-refractivity contribution >= 4 is 17.7 Å². The van der Waals surface area contributed by atoms with Gasteiger partial charge in [0.2, 0.25) is 0 Å². The second-order valence-corrected chi connectivity index (χ2v) is 5.05. The molecule has 0 fully saturated rings. The largest absolute Gasteiger partial charge is 0.491 e. The van der Waals surface area contributed by atoms with Crippen LogP contribution in [-0.2, 0) is 11.0 Å². The lowest BCUT2D eigenvalue weighted by Crippen LogP contribution is -2.33. The minimum atomic E-state index is -4.56. The number of rotatable bonds is 7. The summed E-state index contributed by atoms with van der Waals surface area (Å²) in [5.74, 6) is -0.967. The first-order chi connectivity index (χ1) is 11.1. The molecule has 2 N–H and O–H groups in total. The molecule has 0 atom stereocenters. The maximum Gasteiger partial charge on any atom is 0.416 e. The highest BCUT2D eigenvalue weighted by atomic mass is 19.4. The van der Waals surface area contributed by atoms with Crippen molar-refractivity contribution in [2.24, 2.45) is 0 Å². The van der Waals surface area contributed by atoms with E-state index < -0.39 is 23.7 Å². The smallest absolute Gasteiger partial charge is 0.416 e. The number of nitrogens with one attached hydrogen (secondary N) is 1. The predicted molar refractivity (Wildman–Crippen MR) is 81.1 cm³/mol. The third-order valence-electron chi connectivity index (χ3n) is 3.02. The number of aliphatic carboxylic acids is 1. The van der Waals surface area contributed by atoms with Crippen LogP contribution in [0.1, 0.15) is 25.3 Å². The number of nitrogens with zero attached hydrogens (tertiary/aromatic N) is 1. The standard InChI is InChI=1S/C15H19F3N2O4/c1-3-8-24-12-5-4-10(15(16,17)18)9-11(12)19-14(23)20(2)7-6-13(21)22/h4-5,9H,3,6-8H2,1-2H3,(H,19,23)(H,21,22). The molecule has 9 heteroatoms. The van der Waals surface area contributed by atoms with Crippen molar-refractivity contribution in [3.8, 4) is 5.75 Å². The van der Waals surface area contributed by atoms with Gasteiger partial charge in [0.15, 0.2) is 0 Å². The monoisotopic (exact) mass is 348 g/mol. The summed E-state index contributed by atoms with van der Waals surface area (Å²) in [7, 11) is 1.35. The average Bonchev–Trinajstić information content (AvgIpc) is 2.50. The highest BCUT2D eigenvalue weighted by molar-refractivity contribution is 5.91. The number of anilines is 1. The van der Waals surface area contributed by atoms with Crippen molar-refractivity contribution < 1.29 is 32.6 Å². The van der Waals surface area contributed by atoms with Crippen LogP contribution in [0, 0.1) is 0 Å². The molecule has 0 unspecified atom stereocenters. The lowest BCUT2D eigenvalue weighted by atomic mass is 10.1. The Morgan fingerprint density at radius 1 is 1.33 bits per heavy atom. The molecular weight excluding hydrogens is 329 g/mol. The van der Waals surface area contributed by atoms with Crippen molar-refractivity contribution in [2.45, 2.75) is 25.9 Å². The Bertz CT molecular complexity index is 591. The van der Waals surface area contributed by atoms with E-state index in [1.807, 2.05) is 6.92 Å². The molecule has 1 rings (SSSR count). The van der Waals surface area contributed by atoms with Gasteiger partial charge in [-0.3, -0.25) is 4.79 Å². The Balaban J connectivity index is 2.96. The average molecular weight is 348 g/mol. The molecule has 0 aliphatic carbocycles. The lowest BCUT2D eigenvalue weighted by Gasteiger charge is -2.19. The van der Waals surface area contributed by atoms with Crippen molar-refractivity contribution in [2.75, 3.05) is 25.5 Å². The molecule has 134 valence electrons. The molecule has 1 aromatic carbocycles. The molecule has 0 spiro atoms. The molecule has 0 radical (unpaired) electrons. The Labute approximate surface area is 137 Å². The summed E-state index contributed by atoms with van der Waals surface area (Å²) in [5, 5.41) is 10.9. The van der Waals surface area contributed by atoms with Crippen molar-refractivity contribution in [3.05, 3.63) is 23.8 Å². The zero-order chi connectivity index (χ0) is 18.3. The SMILES string of the molecule is CCCOc1ccc(C(F)(F)F)cc1NC(=O)N(C)CCC(=O)O. The van der Waals surface area contributed by atoms with Crippen LogP contribution in [0.5, 0.6) is 5.75 Å². The highest BCUT2D eigenvalue weighted by Crippen LogP contribution is 2.35. The summed E-state index contributed by atoms with van der Waals surface area (Å²) in [6, 6.07) is 2.07. The maximum atomic E-state index is 12.8. The van der Waals surface area contributed by atoms with E-state index in [9.17, 15) is 22.8 Å². The first-order valence-corrected chi connectivity index (χ1v) is 7.23. The molecule has 0 aromatic heterocycles. The molecule has 0 heterocycles. The van der Waals surface area contributed by atoms with Crippen molar-refractivity contribution in [1.82, 2.24) is 4.90 Å². The summed E-state index contributed by atoms with van der Waals surface area (Å²) < 4.78 is 43.8. The van der Waals surface area contributed by atoms with Gasteiger partial charge < -0.3 is 20.1 Å². The zero-order valence-electron chi connectivity index (χ0n) is 13.3. The van der Waals surface area contributed by atoms with Gasteiger partial charge in [0.1, 0.15) is 5.75 Å². The van der Waals surface area contributed by atoms with Gasteiger partial charge in [-0.05, 0) is 24.6 Å². The van der Waals surface area contributed by atoms with E-state index in [1.165, 1.54) is 7.05 Å². The van der Waals surface area contributed by atoms with Crippen LogP contribution in [0.4, 0.5) is 23.7 Å². The summed E-state index contributed by atoms with van der Waals surface area (Å²) in [5.41, 5.74) is -1.04. The number of carbonyl (C=O) groups excluding carboxylic acids is 1. The second-order valence-electron chi connectivity index (χ2n) is 5.05. The number of benzene rings is 1. The van der Waals surface area contributed by atoms with Crippen LogP contribution in [-0.4, -0.2) is 42.2 Å². The Kier molecular flexibility index (Phi) is 6.87. The van der Waals surface area contributed by atoms with E-state index in [0.717, 1.165) is 23.1 Å². The number of carbonyl (C=O) groups is 2. The van der Waals surface area contributed by atoms with Crippen LogP contribution in [0.25, 0.3) is 0 Å². The van der Waals surface area contributed by atoms with Gasteiger partial charge in [0, 0.05) is 13.6 Å². The van der Waals surface area contributed by atoms with Crippen LogP contribution in [0.2, 0.25) is 0 Å². The molecule has 24 heavy (non-hydrogen) atoms. The number of alkyl halides is 3. The molecule has 0 aliphatic heterocycles. The summed E-state index contributed by atoms with van der Waals surface area (Å²) >= 11 is 0. The van der Waals surface area contributed by atoms with E-state index >= 15 is 0 Å². The number of urea groups is 1. The summed E-state index contributed by atoms with van der Waals surface area (Å²) in [4.78, 5) is 23.6. The van der Waals surface area contributed by atoms with Gasteiger partial charge in [-0.2, -0.15) is 13.2 Å². The fraction of sp³-hybridized carbons (Fsp3) is 0.467. The van der Waals surface area contributed by atoms with Gasteiger partial charge in [-0.15, -0.1) is 0 Å². The lowest BCUT2D eigenvalue weighted by molar-refractivity contribution is -0.138. The quantitative estimate of drug-likeness (QED) is 0.791. The van der Waals surface area contributed by atoms with E-state index in [-0.39, 0.29) is 31.0 Å². The van der Waals surface area contributed by atoms with Crippen molar-refractivity contribution in [3.63, 3.8) is 0 Å². The second kappa shape index (κ2) is 8.42. The molecule has 2 amide bonds. The van der Waals surface area contributed by atoms with Crippen LogP contribution >= 0.6 is 0 Å². The minimum absolute atomic E-state index is 0.0781. The first-order valence-electron chi connectivity index (χ1n) is 7.23. The molecule has 1 aromatic rings. The maximum absolute atomic E-state index is 12.8. The van der Waals surface area contributed by atoms with Crippen LogP contribution in [0.15, 0.2) is 18.2 Å². The number of ether oxygens (including phenoxy) is 1. The molecule has 0 bridgehead atoms. The number of amides is 2. The normalized spacial score (nSPS) is 11.0. The van der Waals surface area contributed by atoms with Crippen molar-refractivity contribution in [1.29, 1.82) is 0 Å². The Hall–Kier alpha value is -2.45. The Morgan fingerprint density at radius 3 is 2.54 bits per heavy atom. The number of carboxylic acid groups (broad SMARTS) is 1. The van der Waals surface area contributed by atoms with Gasteiger partial charge in [0.05, 0.1) is 24.3 Å². The van der Waals surface area contributed by atoms with Gasteiger partial charge in [-0.25, -0.2) is 4.79 Å². The number of hydrogen-bond acceptors (Lipinski definition) is 3. The van der Waals surface area contributed by atoms with E-state index in [0.29, 0.717) is 6.42 Å². The number of halogens is 3. The van der Waals surface area contributed by atoms with E-state index in [1.54, 1.807) is 0 Å².